The van der Waals surface area contributed by atoms with E-state index in [1.54, 1.807) is 12.1 Å². The van der Waals surface area contributed by atoms with Crippen LogP contribution in [0.5, 0.6) is 0 Å². The summed E-state index contributed by atoms with van der Waals surface area (Å²) in [6, 6.07) is 6.05. The third kappa shape index (κ3) is 5.64. The largest absolute Gasteiger partial charge is 0.349 e. The Labute approximate surface area is 113 Å². The molecular weight excluding hydrogens is 245 g/mol. The molecular formula is C15H20FNO2. The number of nitrogens with one attached hydrogen (secondary N) is 1. The summed E-state index contributed by atoms with van der Waals surface area (Å²) in [5.41, 5.74) is 0.461. The minimum absolute atomic E-state index is 0.00244. The average Bonchev–Trinajstić information content (AvgIpc) is 2.34. The van der Waals surface area contributed by atoms with Gasteiger partial charge in [-0.25, -0.2) is 4.39 Å². The number of amides is 1. The Balaban J connectivity index is 2.32. The molecule has 0 bridgehead atoms. The van der Waals surface area contributed by atoms with Gasteiger partial charge in [0, 0.05) is 11.8 Å². The molecule has 0 aliphatic rings. The maximum atomic E-state index is 12.7. The van der Waals surface area contributed by atoms with Crippen molar-refractivity contribution in [3.63, 3.8) is 0 Å². The van der Waals surface area contributed by atoms with Crippen molar-refractivity contribution in [2.24, 2.45) is 5.41 Å². The van der Waals surface area contributed by atoms with E-state index >= 15 is 0 Å². The van der Waals surface area contributed by atoms with E-state index in [-0.39, 0.29) is 24.1 Å². The van der Waals surface area contributed by atoms with E-state index < -0.39 is 5.41 Å². The number of hydrogen-bond acceptors (Lipinski definition) is 2. The van der Waals surface area contributed by atoms with E-state index in [4.69, 9.17) is 0 Å². The van der Waals surface area contributed by atoms with Crippen LogP contribution in [0.1, 0.15) is 32.8 Å². The maximum Gasteiger partial charge on any atom is 0.220 e. The van der Waals surface area contributed by atoms with Gasteiger partial charge in [0.25, 0.3) is 0 Å². The third-order valence-corrected chi connectivity index (χ3v) is 2.84. The zero-order valence-electron chi connectivity index (χ0n) is 11.6. The SMILES string of the molecule is CC(C)(C)C(=O)CNC(=O)CCc1ccc(F)cc1. The zero-order chi connectivity index (χ0) is 14.5. The number of aryl methyl sites for hydroxylation is 1. The molecule has 0 heterocycles. The Bertz CT molecular complexity index is 446. The van der Waals surface area contributed by atoms with Gasteiger partial charge in [0.05, 0.1) is 6.54 Å². The van der Waals surface area contributed by atoms with Crippen LogP contribution >= 0.6 is 0 Å². The van der Waals surface area contributed by atoms with Crippen molar-refractivity contribution < 1.29 is 14.0 Å². The van der Waals surface area contributed by atoms with Gasteiger partial charge in [0.15, 0.2) is 5.78 Å². The number of halogens is 1. The summed E-state index contributed by atoms with van der Waals surface area (Å²) >= 11 is 0. The zero-order valence-corrected chi connectivity index (χ0v) is 11.6. The van der Waals surface area contributed by atoms with Gasteiger partial charge in [0.1, 0.15) is 5.82 Å². The second-order valence-electron chi connectivity index (χ2n) is 5.58. The monoisotopic (exact) mass is 265 g/mol. The Hall–Kier alpha value is -1.71. The standard InChI is InChI=1S/C15H20FNO2/c1-15(2,3)13(18)10-17-14(19)9-6-11-4-7-12(16)8-5-11/h4-5,7-8H,6,9-10H2,1-3H3,(H,17,19). The Morgan fingerprint density at radius 1 is 1.16 bits per heavy atom. The van der Waals surface area contributed by atoms with Gasteiger partial charge in [-0.2, -0.15) is 0 Å². The smallest absolute Gasteiger partial charge is 0.220 e. The van der Waals surface area contributed by atoms with E-state index in [0.717, 1.165) is 5.56 Å². The predicted molar refractivity (Wildman–Crippen MR) is 72.2 cm³/mol. The van der Waals surface area contributed by atoms with Crippen molar-refractivity contribution in [3.8, 4) is 0 Å². The van der Waals surface area contributed by atoms with Crippen LogP contribution in [-0.4, -0.2) is 18.2 Å². The molecule has 0 aromatic heterocycles. The lowest BCUT2D eigenvalue weighted by atomic mass is 9.91. The first-order valence-corrected chi connectivity index (χ1v) is 6.33. The average molecular weight is 265 g/mol. The molecule has 19 heavy (non-hydrogen) atoms. The fourth-order valence-corrected chi connectivity index (χ4v) is 1.44. The quantitative estimate of drug-likeness (QED) is 0.889. The Morgan fingerprint density at radius 3 is 2.26 bits per heavy atom. The van der Waals surface area contributed by atoms with Gasteiger partial charge >= 0.3 is 0 Å². The molecule has 1 N–H and O–H groups in total. The highest BCUT2D eigenvalue weighted by atomic mass is 19.1. The second-order valence-corrected chi connectivity index (χ2v) is 5.58. The third-order valence-electron chi connectivity index (χ3n) is 2.84. The predicted octanol–water partition coefficient (Wildman–Crippen LogP) is 2.49. The van der Waals surface area contributed by atoms with Crippen molar-refractivity contribution in [3.05, 3.63) is 35.6 Å². The molecule has 0 atom stereocenters. The van der Waals surface area contributed by atoms with Gasteiger partial charge in [-0.05, 0) is 24.1 Å². The van der Waals surface area contributed by atoms with E-state index in [0.29, 0.717) is 12.8 Å². The van der Waals surface area contributed by atoms with Gasteiger partial charge < -0.3 is 5.32 Å². The molecule has 3 nitrogen and oxygen atoms in total. The van der Waals surface area contributed by atoms with Crippen molar-refractivity contribution in [2.75, 3.05) is 6.54 Å². The molecule has 1 rings (SSSR count). The maximum absolute atomic E-state index is 12.7. The van der Waals surface area contributed by atoms with Crippen molar-refractivity contribution in [1.29, 1.82) is 0 Å². The minimum atomic E-state index is -0.440. The van der Waals surface area contributed by atoms with E-state index in [1.165, 1.54) is 12.1 Å². The second kappa shape index (κ2) is 6.45. The number of hydrogen-bond donors (Lipinski definition) is 1. The number of ketones is 1. The van der Waals surface area contributed by atoms with Crippen LogP contribution in [0.2, 0.25) is 0 Å². The lowest BCUT2D eigenvalue weighted by Gasteiger charge is -2.16. The molecule has 0 fully saturated rings. The van der Waals surface area contributed by atoms with Crippen LogP contribution in [0, 0.1) is 11.2 Å². The van der Waals surface area contributed by atoms with E-state index in [1.807, 2.05) is 20.8 Å². The first-order valence-electron chi connectivity index (χ1n) is 6.33. The highest BCUT2D eigenvalue weighted by molar-refractivity contribution is 5.89. The molecule has 0 radical (unpaired) electrons. The number of carbonyl (C=O) groups is 2. The molecule has 0 aliphatic carbocycles. The first-order chi connectivity index (χ1) is 8.79. The van der Waals surface area contributed by atoms with Gasteiger partial charge in [-0.3, -0.25) is 9.59 Å². The number of benzene rings is 1. The molecule has 1 amide bonds. The number of carbonyl (C=O) groups excluding carboxylic acids is 2. The fourth-order valence-electron chi connectivity index (χ4n) is 1.44. The highest BCUT2D eigenvalue weighted by Gasteiger charge is 2.21. The van der Waals surface area contributed by atoms with Crippen LogP contribution in [0.4, 0.5) is 4.39 Å². The van der Waals surface area contributed by atoms with Crippen LogP contribution in [0.25, 0.3) is 0 Å². The Morgan fingerprint density at radius 2 is 1.74 bits per heavy atom. The van der Waals surface area contributed by atoms with Crippen molar-refractivity contribution in [2.45, 2.75) is 33.6 Å². The Kier molecular flexibility index (Phi) is 5.21. The molecule has 1 aromatic rings. The number of Topliss-reactive ketones (excluding diaryl/α,β-unsaturated/α-hetero) is 1. The molecule has 0 saturated heterocycles. The van der Waals surface area contributed by atoms with Crippen LogP contribution in [0.15, 0.2) is 24.3 Å². The van der Waals surface area contributed by atoms with Crippen molar-refractivity contribution in [1.82, 2.24) is 5.32 Å². The highest BCUT2D eigenvalue weighted by Crippen LogP contribution is 2.13. The summed E-state index contributed by atoms with van der Waals surface area (Å²) in [5.74, 6) is -0.450. The van der Waals surface area contributed by atoms with E-state index in [2.05, 4.69) is 5.32 Å². The lowest BCUT2D eigenvalue weighted by molar-refractivity contribution is -0.129. The molecule has 0 unspecified atom stereocenters. The molecule has 4 heteroatoms. The summed E-state index contributed by atoms with van der Waals surface area (Å²) in [6.07, 6.45) is 0.832. The van der Waals surface area contributed by atoms with E-state index in [9.17, 15) is 14.0 Å². The fraction of sp³-hybridized carbons (Fsp3) is 0.467. The summed E-state index contributed by atoms with van der Waals surface area (Å²) in [7, 11) is 0. The molecule has 0 saturated carbocycles. The van der Waals surface area contributed by atoms with Crippen LogP contribution in [-0.2, 0) is 16.0 Å². The van der Waals surface area contributed by atoms with Crippen LogP contribution in [0.3, 0.4) is 0 Å². The molecule has 1 aromatic carbocycles. The molecule has 0 aliphatic heterocycles. The summed E-state index contributed by atoms with van der Waals surface area (Å²) in [4.78, 5) is 23.2. The first kappa shape index (κ1) is 15.3. The topological polar surface area (TPSA) is 46.2 Å². The summed E-state index contributed by atoms with van der Waals surface area (Å²) in [6.45, 7) is 5.52. The van der Waals surface area contributed by atoms with Crippen molar-refractivity contribution >= 4 is 11.7 Å². The summed E-state index contributed by atoms with van der Waals surface area (Å²) in [5, 5.41) is 2.61. The normalized spacial score (nSPS) is 11.2. The minimum Gasteiger partial charge on any atom is -0.349 e. The summed E-state index contributed by atoms with van der Waals surface area (Å²) < 4.78 is 12.7. The van der Waals surface area contributed by atoms with Gasteiger partial charge in [-0.1, -0.05) is 32.9 Å². The lowest BCUT2D eigenvalue weighted by Crippen LogP contribution is -2.35. The molecule has 0 spiro atoms. The molecule has 104 valence electrons. The van der Waals surface area contributed by atoms with Gasteiger partial charge in [0.2, 0.25) is 5.91 Å². The number of rotatable bonds is 5. The van der Waals surface area contributed by atoms with Gasteiger partial charge in [-0.15, -0.1) is 0 Å². The van der Waals surface area contributed by atoms with Crippen LogP contribution < -0.4 is 5.32 Å².